The maximum atomic E-state index is 5.81. The maximum absolute atomic E-state index is 5.81. The van der Waals surface area contributed by atoms with E-state index in [1.54, 1.807) is 11.3 Å². The second-order valence-corrected chi connectivity index (χ2v) is 4.86. The van der Waals surface area contributed by atoms with Gasteiger partial charge >= 0.3 is 0 Å². The van der Waals surface area contributed by atoms with E-state index < -0.39 is 0 Å². The monoisotopic (exact) mass is 247 g/mol. The van der Waals surface area contributed by atoms with Crippen LogP contribution >= 0.6 is 11.3 Å². The highest BCUT2D eigenvalue weighted by molar-refractivity contribution is 7.09. The Hall–Kier alpha value is -1.32. The minimum Gasteiger partial charge on any atom is -0.493 e. The fraction of sp³-hybridized carbons (Fsp3) is 0.286. The first-order valence-electron chi connectivity index (χ1n) is 5.83. The molecule has 0 saturated carbocycles. The molecule has 0 radical (unpaired) electrons. The number of hydrogen-bond acceptors (Lipinski definition) is 3. The molecule has 2 N–H and O–H groups in total. The van der Waals surface area contributed by atoms with Crippen LogP contribution in [0.2, 0.25) is 0 Å². The van der Waals surface area contributed by atoms with Crippen molar-refractivity contribution in [3.63, 3.8) is 0 Å². The highest BCUT2D eigenvalue weighted by atomic mass is 32.1. The number of thiophene rings is 1. The molecule has 0 saturated heterocycles. The second kappa shape index (κ2) is 6.42. The number of hydrogen-bond donors (Lipinski definition) is 1. The molecule has 2 rings (SSSR count). The van der Waals surface area contributed by atoms with Gasteiger partial charge in [-0.2, -0.15) is 0 Å². The third-order valence-corrected chi connectivity index (χ3v) is 3.51. The molecular formula is C14H17NOS. The molecule has 2 nitrogen and oxygen atoms in total. The summed E-state index contributed by atoms with van der Waals surface area (Å²) in [7, 11) is 0. The molecule has 17 heavy (non-hydrogen) atoms. The summed E-state index contributed by atoms with van der Waals surface area (Å²) >= 11 is 1.77. The van der Waals surface area contributed by atoms with Gasteiger partial charge in [0.2, 0.25) is 0 Å². The van der Waals surface area contributed by atoms with E-state index in [0.29, 0.717) is 6.54 Å². The molecule has 1 aromatic heterocycles. The lowest BCUT2D eigenvalue weighted by Crippen LogP contribution is -2.06. The lowest BCUT2D eigenvalue weighted by molar-refractivity contribution is 0.319. The van der Waals surface area contributed by atoms with Gasteiger partial charge in [0, 0.05) is 11.3 Å². The standard InChI is InChI=1S/C14H17NOS/c15-9-7-12-4-1-2-6-14(12)16-10-8-13-5-3-11-17-13/h1-6,11H,7-10,15H2. The van der Waals surface area contributed by atoms with Gasteiger partial charge < -0.3 is 10.5 Å². The second-order valence-electron chi connectivity index (χ2n) is 3.82. The lowest BCUT2D eigenvalue weighted by Gasteiger charge is -2.10. The van der Waals surface area contributed by atoms with Crippen molar-refractivity contribution >= 4 is 11.3 Å². The highest BCUT2D eigenvalue weighted by Gasteiger charge is 2.02. The van der Waals surface area contributed by atoms with E-state index in [4.69, 9.17) is 10.5 Å². The Morgan fingerprint density at radius 2 is 1.94 bits per heavy atom. The number of benzene rings is 1. The Bertz CT molecular complexity index is 439. The van der Waals surface area contributed by atoms with Gasteiger partial charge in [0.05, 0.1) is 6.61 Å². The van der Waals surface area contributed by atoms with Crippen LogP contribution < -0.4 is 10.5 Å². The molecule has 2 aromatic rings. The van der Waals surface area contributed by atoms with Crippen molar-refractivity contribution in [1.29, 1.82) is 0 Å². The minimum absolute atomic E-state index is 0.658. The van der Waals surface area contributed by atoms with Gasteiger partial charge in [-0.25, -0.2) is 0 Å². The van der Waals surface area contributed by atoms with Crippen molar-refractivity contribution in [1.82, 2.24) is 0 Å². The van der Waals surface area contributed by atoms with E-state index in [1.165, 1.54) is 10.4 Å². The normalized spacial score (nSPS) is 10.4. The Morgan fingerprint density at radius 3 is 2.71 bits per heavy atom. The molecule has 0 amide bonds. The van der Waals surface area contributed by atoms with Gasteiger partial charge in [-0.15, -0.1) is 11.3 Å². The van der Waals surface area contributed by atoms with Gasteiger partial charge in [0.15, 0.2) is 0 Å². The predicted octanol–water partition coefficient (Wildman–Crippen LogP) is 2.87. The molecular weight excluding hydrogens is 230 g/mol. The first kappa shape index (κ1) is 12.1. The molecule has 1 aromatic carbocycles. The predicted molar refractivity (Wildman–Crippen MR) is 72.7 cm³/mol. The smallest absolute Gasteiger partial charge is 0.122 e. The molecule has 1 heterocycles. The fourth-order valence-electron chi connectivity index (χ4n) is 1.72. The molecule has 0 unspecified atom stereocenters. The van der Waals surface area contributed by atoms with Crippen molar-refractivity contribution in [2.45, 2.75) is 12.8 Å². The molecule has 90 valence electrons. The molecule has 0 spiro atoms. The van der Waals surface area contributed by atoms with Crippen LogP contribution in [0, 0.1) is 0 Å². The highest BCUT2D eigenvalue weighted by Crippen LogP contribution is 2.19. The topological polar surface area (TPSA) is 35.2 Å². The van der Waals surface area contributed by atoms with Crippen LogP contribution in [-0.4, -0.2) is 13.2 Å². The maximum Gasteiger partial charge on any atom is 0.122 e. The summed E-state index contributed by atoms with van der Waals surface area (Å²) in [5.41, 5.74) is 6.78. The molecule has 0 aliphatic rings. The minimum atomic E-state index is 0.658. The summed E-state index contributed by atoms with van der Waals surface area (Å²) in [5, 5.41) is 2.09. The molecule has 0 aliphatic carbocycles. The van der Waals surface area contributed by atoms with E-state index >= 15 is 0 Å². The van der Waals surface area contributed by atoms with Gasteiger partial charge in [-0.3, -0.25) is 0 Å². The third kappa shape index (κ3) is 3.58. The van der Waals surface area contributed by atoms with E-state index in [2.05, 4.69) is 23.6 Å². The molecule has 0 aliphatic heterocycles. The summed E-state index contributed by atoms with van der Waals surface area (Å²) in [4.78, 5) is 1.36. The van der Waals surface area contributed by atoms with E-state index in [-0.39, 0.29) is 0 Å². The van der Waals surface area contributed by atoms with Crippen LogP contribution in [0.25, 0.3) is 0 Å². The summed E-state index contributed by atoms with van der Waals surface area (Å²) < 4.78 is 5.81. The zero-order valence-corrected chi connectivity index (χ0v) is 10.6. The first-order chi connectivity index (χ1) is 8.40. The van der Waals surface area contributed by atoms with Gasteiger partial charge in [0.25, 0.3) is 0 Å². The average molecular weight is 247 g/mol. The van der Waals surface area contributed by atoms with E-state index in [9.17, 15) is 0 Å². The number of ether oxygens (including phenoxy) is 1. The molecule has 0 atom stereocenters. The number of rotatable bonds is 6. The van der Waals surface area contributed by atoms with Crippen LogP contribution in [0.3, 0.4) is 0 Å². The van der Waals surface area contributed by atoms with Crippen LogP contribution in [0.4, 0.5) is 0 Å². The lowest BCUT2D eigenvalue weighted by atomic mass is 10.1. The van der Waals surface area contributed by atoms with Crippen LogP contribution in [-0.2, 0) is 12.8 Å². The van der Waals surface area contributed by atoms with Crippen molar-refractivity contribution in [3.8, 4) is 5.75 Å². The summed E-state index contributed by atoms with van der Waals surface area (Å²) in [6, 6.07) is 12.3. The van der Waals surface area contributed by atoms with Gasteiger partial charge in [-0.1, -0.05) is 24.3 Å². The Labute approximate surface area is 106 Å². The van der Waals surface area contributed by atoms with E-state index in [0.717, 1.165) is 25.2 Å². The Balaban J connectivity index is 1.89. The third-order valence-electron chi connectivity index (χ3n) is 2.57. The van der Waals surface area contributed by atoms with Crippen molar-refractivity contribution < 1.29 is 4.74 Å². The largest absolute Gasteiger partial charge is 0.493 e. The molecule has 3 heteroatoms. The van der Waals surface area contributed by atoms with Crippen molar-refractivity contribution in [3.05, 3.63) is 52.2 Å². The number of para-hydroxylation sites is 1. The zero-order chi connectivity index (χ0) is 11.9. The fourth-order valence-corrected chi connectivity index (χ4v) is 2.41. The van der Waals surface area contributed by atoms with Crippen molar-refractivity contribution in [2.75, 3.05) is 13.2 Å². The van der Waals surface area contributed by atoms with Gasteiger partial charge in [0.1, 0.15) is 5.75 Å². The SMILES string of the molecule is NCCc1ccccc1OCCc1cccs1. The van der Waals surface area contributed by atoms with Crippen molar-refractivity contribution in [2.24, 2.45) is 5.73 Å². The van der Waals surface area contributed by atoms with Gasteiger partial charge in [-0.05, 0) is 36.0 Å². The quantitative estimate of drug-likeness (QED) is 0.852. The van der Waals surface area contributed by atoms with Crippen LogP contribution in [0.1, 0.15) is 10.4 Å². The summed E-state index contributed by atoms with van der Waals surface area (Å²) in [6.07, 6.45) is 1.84. The van der Waals surface area contributed by atoms with Crippen LogP contribution in [0.5, 0.6) is 5.75 Å². The Morgan fingerprint density at radius 1 is 1.06 bits per heavy atom. The molecule has 0 fully saturated rings. The first-order valence-corrected chi connectivity index (χ1v) is 6.71. The zero-order valence-electron chi connectivity index (χ0n) is 9.76. The van der Waals surface area contributed by atoms with Crippen LogP contribution in [0.15, 0.2) is 41.8 Å². The molecule has 0 bridgehead atoms. The number of nitrogens with two attached hydrogens (primary N) is 1. The Kier molecular flexibility index (Phi) is 4.59. The average Bonchev–Trinajstić information content (AvgIpc) is 2.85. The summed E-state index contributed by atoms with van der Waals surface area (Å²) in [6.45, 7) is 1.38. The van der Waals surface area contributed by atoms with E-state index in [1.807, 2.05) is 18.2 Å². The summed E-state index contributed by atoms with van der Waals surface area (Å²) in [5.74, 6) is 0.967.